The molecule has 0 saturated heterocycles. The molecule has 5 N–H and O–H groups in total. The van der Waals surface area contributed by atoms with Gasteiger partial charge in [0.2, 0.25) is 5.88 Å². The highest BCUT2D eigenvalue weighted by atomic mass is 16.3. The van der Waals surface area contributed by atoms with Crippen molar-refractivity contribution in [2.45, 2.75) is 20.3 Å². The lowest BCUT2D eigenvalue weighted by molar-refractivity contribution is 0.450. The third-order valence-electron chi connectivity index (χ3n) is 3.04. The monoisotopic (exact) mass is 233 g/mol. The van der Waals surface area contributed by atoms with Crippen LogP contribution in [0.25, 0.3) is 0 Å². The standard InChI is InChI=1S/C12H15N3O2/c1-6-3-4-9(13)8(7(6)2)5-10-11(16)15-12(17)14-10/h3-4,16H,5,13H2,1-2H3,(H2,14,15,17). The van der Waals surface area contributed by atoms with E-state index >= 15 is 0 Å². The van der Waals surface area contributed by atoms with Crippen LogP contribution in [0, 0.1) is 13.8 Å². The van der Waals surface area contributed by atoms with Crippen LogP contribution in [-0.2, 0) is 6.42 Å². The van der Waals surface area contributed by atoms with Gasteiger partial charge in [0.25, 0.3) is 0 Å². The summed E-state index contributed by atoms with van der Waals surface area (Å²) in [6.45, 7) is 3.97. The summed E-state index contributed by atoms with van der Waals surface area (Å²) in [7, 11) is 0. The fourth-order valence-corrected chi connectivity index (χ4v) is 1.84. The number of nitrogens with one attached hydrogen (secondary N) is 2. The summed E-state index contributed by atoms with van der Waals surface area (Å²) in [6.07, 6.45) is 0.407. The van der Waals surface area contributed by atoms with Gasteiger partial charge in [0.15, 0.2) is 0 Å². The molecule has 5 heteroatoms. The van der Waals surface area contributed by atoms with Crippen LogP contribution in [0.3, 0.4) is 0 Å². The molecule has 2 aromatic rings. The predicted molar refractivity (Wildman–Crippen MR) is 66.2 cm³/mol. The number of hydrogen-bond acceptors (Lipinski definition) is 3. The van der Waals surface area contributed by atoms with Crippen molar-refractivity contribution >= 4 is 5.69 Å². The number of aromatic nitrogens is 2. The van der Waals surface area contributed by atoms with Crippen molar-refractivity contribution in [3.8, 4) is 5.88 Å². The van der Waals surface area contributed by atoms with Gasteiger partial charge in [-0.25, -0.2) is 4.79 Å². The molecule has 1 aromatic carbocycles. The van der Waals surface area contributed by atoms with Gasteiger partial charge in [0.05, 0.1) is 5.69 Å². The average Bonchev–Trinajstić information content (AvgIpc) is 2.58. The van der Waals surface area contributed by atoms with Gasteiger partial charge in [0.1, 0.15) is 0 Å². The zero-order chi connectivity index (χ0) is 12.6. The van der Waals surface area contributed by atoms with Crippen LogP contribution >= 0.6 is 0 Å². The van der Waals surface area contributed by atoms with Crippen LogP contribution < -0.4 is 11.4 Å². The summed E-state index contributed by atoms with van der Waals surface area (Å²) >= 11 is 0. The molecule has 17 heavy (non-hydrogen) atoms. The Balaban J connectivity index is 2.46. The smallest absolute Gasteiger partial charge is 0.325 e. The lowest BCUT2D eigenvalue weighted by atomic mass is 9.98. The first-order valence-corrected chi connectivity index (χ1v) is 5.33. The quantitative estimate of drug-likeness (QED) is 0.587. The molecule has 0 fully saturated rings. The van der Waals surface area contributed by atoms with Crippen molar-refractivity contribution in [1.29, 1.82) is 0 Å². The largest absolute Gasteiger partial charge is 0.493 e. The maximum absolute atomic E-state index is 11.0. The second kappa shape index (κ2) is 4.01. The van der Waals surface area contributed by atoms with Crippen molar-refractivity contribution in [3.63, 3.8) is 0 Å². The Morgan fingerprint density at radius 3 is 2.59 bits per heavy atom. The Labute approximate surface area is 98.3 Å². The van der Waals surface area contributed by atoms with E-state index in [0.29, 0.717) is 17.8 Å². The van der Waals surface area contributed by atoms with Crippen LogP contribution in [0.4, 0.5) is 5.69 Å². The van der Waals surface area contributed by atoms with Gasteiger partial charge < -0.3 is 15.8 Å². The second-order valence-corrected chi connectivity index (χ2v) is 4.16. The van der Waals surface area contributed by atoms with Gasteiger partial charge in [-0.15, -0.1) is 0 Å². The van der Waals surface area contributed by atoms with Crippen molar-refractivity contribution in [1.82, 2.24) is 9.97 Å². The van der Waals surface area contributed by atoms with Gasteiger partial charge in [0, 0.05) is 12.1 Å². The van der Waals surface area contributed by atoms with E-state index in [9.17, 15) is 9.90 Å². The summed E-state index contributed by atoms with van der Waals surface area (Å²) < 4.78 is 0. The molecule has 0 aliphatic heterocycles. The fraction of sp³-hybridized carbons (Fsp3) is 0.250. The Morgan fingerprint density at radius 2 is 2.00 bits per heavy atom. The first-order valence-electron chi connectivity index (χ1n) is 5.33. The summed E-state index contributed by atoms with van der Waals surface area (Å²) in [5, 5.41) is 9.52. The van der Waals surface area contributed by atoms with Crippen molar-refractivity contribution in [2.75, 3.05) is 5.73 Å². The van der Waals surface area contributed by atoms with Crippen LogP contribution in [0.15, 0.2) is 16.9 Å². The normalized spacial score (nSPS) is 10.7. The molecule has 0 aliphatic rings. The first kappa shape index (κ1) is 11.3. The van der Waals surface area contributed by atoms with Crippen molar-refractivity contribution in [3.05, 3.63) is 45.0 Å². The molecule has 0 saturated carbocycles. The summed E-state index contributed by atoms with van der Waals surface area (Å²) in [5.41, 5.74) is 9.74. The molecule has 5 nitrogen and oxygen atoms in total. The molecule has 2 rings (SSSR count). The fourth-order valence-electron chi connectivity index (χ4n) is 1.84. The molecule has 0 amide bonds. The number of rotatable bonds is 2. The lowest BCUT2D eigenvalue weighted by Gasteiger charge is -2.11. The third kappa shape index (κ3) is 2.04. The third-order valence-corrected chi connectivity index (χ3v) is 3.04. The Hall–Kier alpha value is -2.17. The molecular formula is C12H15N3O2. The molecule has 1 aromatic heterocycles. The average molecular weight is 233 g/mol. The van der Waals surface area contributed by atoms with Gasteiger partial charge in [-0.2, -0.15) is 0 Å². The molecule has 1 heterocycles. The van der Waals surface area contributed by atoms with E-state index in [2.05, 4.69) is 9.97 Å². The van der Waals surface area contributed by atoms with Gasteiger partial charge in [-0.1, -0.05) is 6.07 Å². The molecule has 90 valence electrons. The topological polar surface area (TPSA) is 94.9 Å². The van der Waals surface area contributed by atoms with E-state index in [1.54, 1.807) is 0 Å². The Bertz CT molecular complexity index is 611. The van der Waals surface area contributed by atoms with E-state index in [0.717, 1.165) is 16.7 Å². The van der Waals surface area contributed by atoms with Gasteiger partial charge >= 0.3 is 5.69 Å². The van der Waals surface area contributed by atoms with Crippen molar-refractivity contribution < 1.29 is 5.11 Å². The van der Waals surface area contributed by atoms with Gasteiger partial charge in [-0.05, 0) is 36.6 Å². The highest BCUT2D eigenvalue weighted by molar-refractivity contribution is 5.55. The maximum atomic E-state index is 11.0. The van der Waals surface area contributed by atoms with Crippen LogP contribution in [0.5, 0.6) is 5.88 Å². The number of hydrogen-bond donors (Lipinski definition) is 4. The summed E-state index contributed by atoms with van der Waals surface area (Å²) in [4.78, 5) is 15.9. The number of benzene rings is 1. The molecule has 0 radical (unpaired) electrons. The van der Waals surface area contributed by atoms with E-state index in [1.807, 2.05) is 26.0 Å². The number of aryl methyl sites for hydroxylation is 1. The zero-order valence-corrected chi connectivity index (χ0v) is 9.79. The van der Waals surface area contributed by atoms with E-state index in [4.69, 9.17) is 5.73 Å². The zero-order valence-electron chi connectivity index (χ0n) is 9.79. The minimum atomic E-state index is -0.415. The number of nitrogens with two attached hydrogens (primary N) is 1. The number of anilines is 1. The molecule has 0 bridgehead atoms. The molecule has 0 aliphatic carbocycles. The van der Waals surface area contributed by atoms with E-state index in [1.165, 1.54) is 0 Å². The van der Waals surface area contributed by atoms with E-state index in [-0.39, 0.29) is 5.88 Å². The number of imidazole rings is 1. The number of aromatic hydroxyl groups is 1. The van der Waals surface area contributed by atoms with Crippen LogP contribution in [0.1, 0.15) is 22.4 Å². The summed E-state index contributed by atoms with van der Waals surface area (Å²) in [5.74, 6) is -0.129. The number of H-pyrrole nitrogens is 2. The minimum Gasteiger partial charge on any atom is -0.493 e. The molecule has 0 unspecified atom stereocenters. The van der Waals surface area contributed by atoms with Crippen LogP contribution in [-0.4, -0.2) is 15.1 Å². The predicted octanol–water partition coefficient (Wildman–Crippen LogP) is 1.20. The maximum Gasteiger partial charge on any atom is 0.325 e. The Morgan fingerprint density at radius 1 is 1.29 bits per heavy atom. The Kier molecular flexibility index (Phi) is 2.67. The SMILES string of the molecule is Cc1ccc(N)c(Cc2[nH]c(=O)[nH]c2O)c1C. The minimum absolute atomic E-state index is 0.129. The second-order valence-electron chi connectivity index (χ2n) is 4.16. The van der Waals surface area contributed by atoms with Crippen molar-refractivity contribution in [2.24, 2.45) is 0 Å². The summed E-state index contributed by atoms with van der Waals surface area (Å²) in [6, 6.07) is 3.79. The molecular weight excluding hydrogens is 218 g/mol. The van der Waals surface area contributed by atoms with E-state index < -0.39 is 5.69 Å². The highest BCUT2D eigenvalue weighted by Gasteiger charge is 2.11. The molecule has 0 spiro atoms. The molecule has 0 atom stereocenters. The first-order chi connectivity index (χ1) is 7.99. The lowest BCUT2D eigenvalue weighted by Crippen LogP contribution is -2.04. The number of aromatic amines is 2. The highest BCUT2D eigenvalue weighted by Crippen LogP contribution is 2.24. The van der Waals surface area contributed by atoms with Crippen LogP contribution in [0.2, 0.25) is 0 Å². The van der Waals surface area contributed by atoms with Gasteiger partial charge in [-0.3, -0.25) is 4.98 Å². The number of nitrogen functional groups attached to an aromatic ring is 1.